The van der Waals surface area contributed by atoms with Crippen molar-refractivity contribution >= 4 is 23.9 Å². The van der Waals surface area contributed by atoms with Gasteiger partial charge in [-0.3, -0.25) is 14.9 Å². The highest BCUT2D eigenvalue weighted by Gasteiger charge is 2.14. The van der Waals surface area contributed by atoms with Crippen LogP contribution in [0.15, 0.2) is 0 Å². The monoisotopic (exact) mass is 302 g/mol. The SMILES string of the molecule is CC(CC(=O)O)CC(=O)NC(=O)NCCNC(=O)N(C)C. The number of carboxylic acid groups (broad SMARTS) is 1. The number of rotatable bonds is 7. The van der Waals surface area contributed by atoms with Crippen LogP contribution >= 0.6 is 0 Å². The molecule has 4 N–H and O–H groups in total. The van der Waals surface area contributed by atoms with Gasteiger partial charge in [0.25, 0.3) is 0 Å². The van der Waals surface area contributed by atoms with Crippen LogP contribution in [0.3, 0.4) is 0 Å². The number of hydrogen-bond acceptors (Lipinski definition) is 4. The number of hydrogen-bond donors (Lipinski definition) is 4. The van der Waals surface area contributed by atoms with E-state index in [-0.39, 0.29) is 37.9 Å². The van der Waals surface area contributed by atoms with Crippen molar-refractivity contribution in [2.45, 2.75) is 19.8 Å². The highest BCUT2D eigenvalue weighted by Crippen LogP contribution is 2.06. The molecule has 0 saturated carbocycles. The minimum absolute atomic E-state index is 0.0446. The van der Waals surface area contributed by atoms with E-state index in [0.29, 0.717) is 0 Å². The van der Waals surface area contributed by atoms with Gasteiger partial charge in [0, 0.05) is 40.0 Å². The predicted octanol–water partition coefficient (Wildman–Crippen LogP) is -0.416. The van der Waals surface area contributed by atoms with Gasteiger partial charge in [0.15, 0.2) is 0 Å². The fourth-order valence-electron chi connectivity index (χ4n) is 1.41. The minimum atomic E-state index is -0.989. The topological polar surface area (TPSA) is 128 Å². The summed E-state index contributed by atoms with van der Waals surface area (Å²) in [4.78, 5) is 45.7. The molecule has 9 nitrogen and oxygen atoms in total. The first-order valence-electron chi connectivity index (χ1n) is 6.47. The molecule has 0 aromatic carbocycles. The zero-order valence-corrected chi connectivity index (χ0v) is 12.4. The predicted molar refractivity (Wildman–Crippen MR) is 74.7 cm³/mol. The molecule has 0 aliphatic carbocycles. The molecular weight excluding hydrogens is 280 g/mol. The van der Waals surface area contributed by atoms with Crippen molar-refractivity contribution in [1.82, 2.24) is 20.9 Å². The maximum atomic E-state index is 11.4. The van der Waals surface area contributed by atoms with Crippen LogP contribution in [-0.4, -0.2) is 61.1 Å². The van der Waals surface area contributed by atoms with E-state index in [1.807, 2.05) is 0 Å². The van der Waals surface area contributed by atoms with E-state index in [1.54, 1.807) is 21.0 Å². The Bertz CT molecular complexity index is 397. The fourth-order valence-corrected chi connectivity index (χ4v) is 1.41. The number of carbonyl (C=O) groups is 4. The smallest absolute Gasteiger partial charge is 0.321 e. The van der Waals surface area contributed by atoms with Gasteiger partial charge in [-0.05, 0) is 5.92 Å². The summed E-state index contributed by atoms with van der Waals surface area (Å²) in [5, 5.41) is 15.6. The van der Waals surface area contributed by atoms with Crippen molar-refractivity contribution in [2.24, 2.45) is 5.92 Å². The second-order valence-electron chi connectivity index (χ2n) is 4.84. The largest absolute Gasteiger partial charge is 0.481 e. The number of urea groups is 2. The molecule has 0 aromatic heterocycles. The molecule has 9 heteroatoms. The maximum Gasteiger partial charge on any atom is 0.321 e. The van der Waals surface area contributed by atoms with Gasteiger partial charge >= 0.3 is 18.0 Å². The van der Waals surface area contributed by atoms with Crippen LogP contribution in [0, 0.1) is 5.92 Å². The molecule has 1 unspecified atom stereocenters. The van der Waals surface area contributed by atoms with Crippen LogP contribution in [0.5, 0.6) is 0 Å². The van der Waals surface area contributed by atoms with Crippen molar-refractivity contribution in [3.63, 3.8) is 0 Å². The standard InChI is InChI=1S/C12H22N4O5/c1-8(7-10(18)19)6-9(17)15-11(20)13-4-5-14-12(21)16(2)3/h8H,4-7H2,1-3H3,(H,14,21)(H,18,19)(H2,13,15,17,20). The molecule has 0 aromatic rings. The Balaban J connectivity index is 3.81. The summed E-state index contributed by atoms with van der Waals surface area (Å²) in [6.45, 7) is 2.01. The third-order valence-electron chi connectivity index (χ3n) is 2.40. The molecule has 0 heterocycles. The second-order valence-corrected chi connectivity index (χ2v) is 4.84. The number of nitrogens with zero attached hydrogens (tertiary/aromatic N) is 1. The summed E-state index contributed by atoms with van der Waals surface area (Å²) >= 11 is 0. The van der Waals surface area contributed by atoms with E-state index in [9.17, 15) is 19.2 Å². The Kier molecular flexibility index (Phi) is 8.51. The van der Waals surface area contributed by atoms with Crippen molar-refractivity contribution in [3.05, 3.63) is 0 Å². The minimum Gasteiger partial charge on any atom is -0.481 e. The third kappa shape index (κ3) is 10.2. The summed E-state index contributed by atoms with van der Waals surface area (Å²) < 4.78 is 0. The number of carbonyl (C=O) groups excluding carboxylic acids is 3. The molecule has 120 valence electrons. The van der Waals surface area contributed by atoms with Crippen molar-refractivity contribution in [2.75, 3.05) is 27.2 Å². The quantitative estimate of drug-likeness (QED) is 0.475. The van der Waals surface area contributed by atoms with Gasteiger partial charge in [-0.2, -0.15) is 0 Å². The van der Waals surface area contributed by atoms with Crippen LogP contribution in [0.1, 0.15) is 19.8 Å². The fraction of sp³-hybridized carbons (Fsp3) is 0.667. The lowest BCUT2D eigenvalue weighted by Gasteiger charge is -2.12. The zero-order chi connectivity index (χ0) is 16.4. The summed E-state index contributed by atoms with van der Waals surface area (Å²) in [6.07, 6.45) is -0.178. The number of carboxylic acids is 1. The highest BCUT2D eigenvalue weighted by atomic mass is 16.4. The Morgan fingerprint density at radius 3 is 2.14 bits per heavy atom. The molecule has 0 aliphatic heterocycles. The lowest BCUT2D eigenvalue weighted by molar-refractivity contribution is -0.138. The van der Waals surface area contributed by atoms with Crippen LogP contribution in [0.4, 0.5) is 9.59 Å². The van der Waals surface area contributed by atoms with Crippen molar-refractivity contribution < 1.29 is 24.3 Å². The summed E-state index contributed by atoms with van der Waals surface area (Å²) in [6, 6.07) is -0.961. The second kappa shape index (κ2) is 9.56. The van der Waals surface area contributed by atoms with E-state index in [1.165, 1.54) is 4.90 Å². The third-order valence-corrected chi connectivity index (χ3v) is 2.40. The molecule has 1 atom stereocenters. The van der Waals surface area contributed by atoms with E-state index in [2.05, 4.69) is 16.0 Å². The molecule has 0 rings (SSSR count). The van der Waals surface area contributed by atoms with Gasteiger partial charge in [-0.25, -0.2) is 9.59 Å². The lowest BCUT2D eigenvalue weighted by atomic mass is 10.0. The highest BCUT2D eigenvalue weighted by molar-refractivity contribution is 5.94. The van der Waals surface area contributed by atoms with E-state index < -0.39 is 17.9 Å². The molecule has 0 aliphatic rings. The summed E-state index contributed by atoms with van der Waals surface area (Å²) in [5.41, 5.74) is 0. The number of nitrogens with one attached hydrogen (secondary N) is 3. The molecule has 5 amide bonds. The first-order chi connectivity index (χ1) is 9.72. The van der Waals surface area contributed by atoms with E-state index in [4.69, 9.17) is 5.11 Å². The van der Waals surface area contributed by atoms with Gasteiger partial charge in [0.2, 0.25) is 5.91 Å². The summed E-state index contributed by atoms with van der Waals surface area (Å²) in [7, 11) is 3.18. The van der Waals surface area contributed by atoms with Crippen LogP contribution in [0.25, 0.3) is 0 Å². The van der Waals surface area contributed by atoms with Gasteiger partial charge in [-0.1, -0.05) is 6.92 Å². The van der Waals surface area contributed by atoms with Gasteiger partial charge < -0.3 is 20.6 Å². The average molecular weight is 302 g/mol. The van der Waals surface area contributed by atoms with E-state index in [0.717, 1.165) is 0 Å². The molecule has 0 fully saturated rings. The Labute approximate surface area is 123 Å². The number of aliphatic carboxylic acids is 1. The number of amides is 5. The van der Waals surface area contributed by atoms with Gasteiger partial charge in [0.1, 0.15) is 0 Å². The molecule has 21 heavy (non-hydrogen) atoms. The number of imide groups is 1. The van der Waals surface area contributed by atoms with Crippen LogP contribution < -0.4 is 16.0 Å². The molecule has 0 spiro atoms. The zero-order valence-electron chi connectivity index (χ0n) is 12.4. The van der Waals surface area contributed by atoms with Gasteiger partial charge in [-0.15, -0.1) is 0 Å². The lowest BCUT2D eigenvalue weighted by Crippen LogP contribution is -2.44. The van der Waals surface area contributed by atoms with Crippen molar-refractivity contribution in [1.29, 1.82) is 0 Å². The molecule has 0 radical (unpaired) electrons. The first kappa shape index (κ1) is 18.7. The normalized spacial score (nSPS) is 11.2. The molecule has 0 saturated heterocycles. The average Bonchev–Trinajstić information content (AvgIpc) is 2.32. The van der Waals surface area contributed by atoms with Crippen LogP contribution in [0.2, 0.25) is 0 Å². The Morgan fingerprint density at radius 2 is 1.62 bits per heavy atom. The van der Waals surface area contributed by atoms with Crippen LogP contribution in [-0.2, 0) is 9.59 Å². The molecular formula is C12H22N4O5. The van der Waals surface area contributed by atoms with Crippen molar-refractivity contribution in [3.8, 4) is 0 Å². The summed E-state index contributed by atoms with van der Waals surface area (Å²) in [5.74, 6) is -1.88. The Morgan fingerprint density at radius 1 is 1.05 bits per heavy atom. The molecule has 0 bridgehead atoms. The van der Waals surface area contributed by atoms with Gasteiger partial charge in [0.05, 0.1) is 0 Å². The van der Waals surface area contributed by atoms with E-state index >= 15 is 0 Å². The first-order valence-corrected chi connectivity index (χ1v) is 6.47. The maximum absolute atomic E-state index is 11.4. The Hall–Kier alpha value is -2.32.